The maximum Gasteiger partial charge on any atom is 0.228 e. The molecule has 0 fully saturated rings. The molecule has 5 nitrogen and oxygen atoms in total. The van der Waals surface area contributed by atoms with Crippen LogP contribution < -0.4 is 14.8 Å². The fourth-order valence-corrected chi connectivity index (χ4v) is 5.96. The minimum absolute atomic E-state index is 0.0398. The predicted molar refractivity (Wildman–Crippen MR) is 170 cm³/mol. The van der Waals surface area contributed by atoms with Crippen molar-refractivity contribution in [1.82, 2.24) is 4.90 Å². The van der Waals surface area contributed by atoms with Gasteiger partial charge in [0.25, 0.3) is 0 Å². The summed E-state index contributed by atoms with van der Waals surface area (Å²) in [5.74, 6) is 2.36. The van der Waals surface area contributed by atoms with Gasteiger partial charge in [0.2, 0.25) is 5.91 Å². The summed E-state index contributed by atoms with van der Waals surface area (Å²) in [6.45, 7) is 5.92. The number of benzene rings is 2. The summed E-state index contributed by atoms with van der Waals surface area (Å²) in [5.41, 5.74) is 4.21. The van der Waals surface area contributed by atoms with Gasteiger partial charge in [0.1, 0.15) is 0 Å². The van der Waals surface area contributed by atoms with E-state index in [1.165, 1.54) is 81.9 Å². The molecule has 1 aliphatic heterocycles. The molecule has 0 aromatic heterocycles. The van der Waals surface area contributed by atoms with Gasteiger partial charge in [-0.15, -0.1) is 11.8 Å². The fraction of sp³-hybridized carbons (Fsp3) is 0.559. The van der Waals surface area contributed by atoms with E-state index in [1.807, 2.05) is 42.1 Å². The molecule has 2 aromatic rings. The molecule has 6 heteroatoms. The van der Waals surface area contributed by atoms with E-state index in [1.54, 1.807) is 7.11 Å². The highest BCUT2D eigenvalue weighted by molar-refractivity contribution is 8.02. The number of carbonyl (C=O) groups excluding carboxylic acids is 1. The van der Waals surface area contributed by atoms with Crippen molar-refractivity contribution in [1.29, 1.82) is 0 Å². The number of allylic oxidation sites excluding steroid dienone is 1. The van der Waals surface area contributed by atoms with Crippen molar-refractivity contribution in [2.24, 2.45) is 0 Å². The monoisotopic (exact) mass is 566 g/mol. The lowest BCUT2D eigenvalue weighted by molar-refractivity contribution is -0.115. The number of nitrogens with zero attached hydrogens (tertiary/aromatic N) is 1. The fourth-order valence-electron chi connectivity index (χ4n) is 5.02. The molecule has 3 rings (SSSR count). The third-order valence-corrected chi connectivity index (χ3v) is 8.38. The van der Waals surface area contributed by atoms with E-state index < -0.39 is 0 Å². The first-order valence-corrected chi connectivity index (χ1v) is 16.4. The summed E-state index contributed by atoms with van der Waals surface area (Å²) in [4.78, 5) is 15.2. The molecular formula is C34H50N2O3S. The van der Waals surface area contributed by atoms with E-state index in [4.69, 9.17) is 9.47 Å². The van der Waals surface area contributed by atoms with Crippen LogP contribution in [0.3, 0.4) is 0 Å². The molecule has 0 aliphatic carbocycles. The molecule has 220 valence electrons. The SMILES string of the molecule is CCCCCCCCCCCCCCOc1cc(CC(=O)Nc2cccc(CN3CSC=C3C)c2)ccc1OC. The van der Waals surface area contributed by atoms with Gasteiger partial charge in [-0.25, -0.2) is 0 Å². The molecular weight excluding hydrogens is 516 g/mol. The predicted octanol–water partition coefficient (Wildman–Crippen LogP) is 9.32. The minimum atomic E-state index is -0.0398. The van der Waals surface area contributed by atoms with Crippen molar-refractivity contribution in [3.05, 3.63) is 64.7 Å². The van der Waals surface area contributed by atoms with Crippen LogP contribution in [0.25, 0.3) is 0 Å². The molecule has 0 bridgehead atoms. The molecule has 1 N–H and O–H groups in total. The molecule has 0 saturated heterocycles. The highest BCUT2D eigenvalue weighted by atomic mass is 32.2. The summed E-state index contributed by atoms with van der Waals surface area (Å²) < 4.78 is 11.6. The Kier molecular flexibility index (Phi) is 14.9. The van der Waals surface area contributed by atoms with Crippen LogP contribution >= 0.6 is 11.8 Å². The minimum Gasteiger partial charge on any atom is -0.493 e. The zero-order valence-corrected chi connectivity index (χ0v) is 25.8. The van der Waals surface area contributed by atoms with Gasteiger partial charge in [0, 0.05) is 17.9 Å². The van der Waals surface area contributed by atoms with Crippen LogP contribution in [0.1, 0.15) is 102 Å². The Morgan fingerprint density at radius 2 is 1.57 bits per heavy atom. The number of anilines is 1. The van der Waals surface area contributed by atoms with Crippen molar-refractivity contribution < 1.29 is 14.3 Å². The summed E-state index contributed by atoms with van der Waals surface area (Å²) >= 11 is 1.82. The van der Waals surface area contributed by atoms with Crippen LogP contribution in [0.5, 0.6) is 11.5 Å². The number of hydrogen-bond donors (Lipinski definition) is 1. The molecule has 1 heterocycles. The van der Waals surface area contributed by atoms with Gasteiger partial charge in [-0.2, -0.15) is 0 Å². The van der Waals surface area contributed by atoms with Crippen molar-refractivity contribution in [3.63, 3.8) is 0 Å². The number of thioether (sulfide) groups is 1. The lowest BCUT2D eigenvalue weighted by Crippen LogP contribution is -2.17. The Labute approximate surface area is 247 Å². The molecule has 0 atom stereocenters. The number of rotatable bonds is 20. The Bertz CT molecular complexity index is 1060. The highest BCUT2D eigenvalue weighted by Crippen LogP contribution is 2.29. The van der Waals surface area contributed by atoms with E-state index in [9.17, 15) is 4.79 Å². The number of carbonyl (C=O) groups is 1. The van der Waals surface area contributed by atoms with Gasteiger partial charge < -0.3 is 19.7 Å². The van der Waals surface area contributed by atoms with Gasteiger partial charge in [0.05, 0.1) is 26.0 Å². The molecule has 0 unspecified atom stereocenters. The number of hydrogen-bond acceptors (Lipinski definition) is 5. The first kappa shape index (κ1) is 31.9. The lowest BCUT2D eigenvalue weighted by Gasteiger charge is -2.19. The van der Waals surface area contributed by atoms with Crippen LogP contribution in [-0.2, 0) is 17.8 Å². The maximum atomic E-state index is 12.8. The second-order valence-electron chi connectivity index (χ2n) is 10.9. The van der Waals surface area contributed by atoms with Crippen LogP contribution in [-0.4, -0.2) is 30.4 Å². The van der Waals surface area contributed by atoms with Gasteiger partial charge in [0.15, 0.2) is 11.5 Å². The van der Waals surface area contributed by atoms with Crippen LogP contribution in [0.15, 0.2) is 53.6 Å². The standard InChI is InChI=1S/C34H50N2O3S/c1-4-5-6-7-8-9-10-11-12-13-14-15-21-39-33-23-29(19-20-32(33)38-3)24-34(37)35-31-18-16-17-30(22-31)25-36-27-40-26-28(36)2/h16-20,22-23,26H,4-15,21,24-25,27H2,1-3H3,(H,35,37). The summed E-state index contributed by atoms with van der Waals surface area (Å²) in [7, 11) is 1.66. The molecule has 1 aliphatic rings. The van der Waals surface area contributed by atoms with Gasteiger partial charge in [-0.1, -0.05) is 95.8 Å². The second kappa shape index (κ2) is 18.7. The van der Waals surface area contributed by atoms with Gasteiger partial charge in [-0.05, 0) is 54.1 Å². The smallest absolute Gasteiger partial charge is 0.228 e. The van der Waals surface area contributed by atoms with E-state index in [0.29, 0.717) is 18.1 Å². The van der Waals surface area contributed by atoms with Crippen molar-refractivity contribution in [3.8, 4) is 11.5 Å². The van der Waals surface area contributed by atoms with E-state index in [-0.39, 0.29) is 12.3 Å². The normalized spacial score (nSPS) is 12.9. The number of ether oxygens (including phenoxy) is 2. The Balaban J connectivity index is 1.36. The van der Waals surface area contributed by atoms with Crippen LogP contribution in [0.2, 0.25) is 0 Å². The molecule has 2 aromatic carbocycles. The van der Waals surface area contributed by atoms with Crippen molar-refractivity contribution in [2.45, 2.75) is 104 Å². The number of unbranched alkanes of at least 4 members (excludes halogenated alkanes) is 11. The average Bonchev–Trinajstić information content (AvgIpc) is 3.35. The maximum absolute atomic E-state index is 12.8. The lowest BCUT2D eigenvalue weighted by atomic mass is 10.1. The topological polar surface area (TPSA) is 50.8 Å². The highest BCUT2D eigenvalue weighted by Gasteiger charge is 2.13. The Morgan fingerprint density at radius 1 is 0.875 bits per heavy atom. The van der Waals surface area contributed by atoms with Gasteiger partial charge >= 0.3 is 0 Å². The molecule has 1 amide bonds. The molecule has 0 spiro atoms. The largest absolute Gasteiger partial charge is 0.493 e. The summed E-state index contributed by atoms with van der Waals surface area (Å²) in [6, 6.07) is 13.9. The molecule has 0 saturated carbocycles. The van der Waals surface area contributed by atoms with Gasteiger partial charge in [-0.3, -0.25) is 4.79 Å². The molecule has 0 radical (unpaired) electrons. The van der Waals surface area contributed by atoms with Crippen molar-refractivity contribution >= 4 is 23.4 Å². The zero-order valence-electron chi connectivity index (χ0n) is 25.0. The van der Waals surface area contributed by atoms with E-state index in [2.05, 4.69) is 41.6 Å². The molecule has 40 heavy (non-hydrogen) atoms. The van der Waals surface area contributed by atoms with Crippen LogP contribution in [0.4, 0.5) is 5.69 Å². The number of amides is 1. The first-order valence-electron chi connectivity index (χ1n) is 15.3. The van der Waals surface area contributed by atoms with Crippen LogP contribution in [0, 0.1) is 0 Å². The summed E-state index contributed by atoms with van der Waals surface area (Å²) in [5, 5.41) is 5.25. The Morgan fingerprint density at radius 3 is 2.23 bits per heavy atom. The van der Waals surface area contributed by atoms with Crippen molar-refractivity contribution in [2.75, 3.05) is 24.9 Å². The third-order valence-electron chi connectivity index (χ3n) is 7.42. The third kappa shape index (κ3) is 11.9. The van der Waals surface area contributed by atoms with E-state index >= 15 is 0 Å². The zero-order chi connectivity index (χ0) is 28.4. The number of nitrogens with one attached hydrogen (secondary N) is 1. The Hall–Kier alpha value is -2.60. The second-order valence-corrected chi connectivity index (χ2v) is 11.7. The summed E-state index contributed by atoms with van der Waals surface area (Å²) in [6.07, 6.45) is 16.1. The first-order chi connectivity index (χ1) is 19.6. The quantitative estimate of drug-likeness (QED) is 0.162. The van der Waals surface area contributed by atoms with E-state index in [0.717, 1.165) is 30.1 Å². The average molecular weight is 567 g/mol. The number of methoxy groups -OCH3 is 1.